The Morgan fingerprint density at radius 3 is 2.95 bits per heavy atom. The van der Waals surface area contributed by atoms with Crippen LogP contribution in [0.15, 0.2) is 18.3 Å². The van der Waals surface area contributed by atoms with Crippen LogP contribution in [0.1, 0.15) is 18.4 Å². The molecule has 1 spiro atoms. The Hall–Kier alpha value is -1.66. The van der Waals surface area contributed by atoms with Crippen molar-refractivity contribution in [3.05, 3.63) is 23.9 Å². The first-order chi connectivity index (χ1) is 10.7. The average molecular weight is 304 g/mol. The number of methoxy groups -OCH3 is 1. The fourth-order valence-corrected chi connectivity index (χ4v) is 3.59. The number of carbonyl (C=O) groups is 1. The molecule has 0 radical (unpaired) electrons. The molecule has 6 nitrogen and oxygen atoms in total. The highest BCUT2D eigenvalue weighted by molar-refractivity contribution is 5.77. The third kappa shape index (κ3) is 2.80. The van der Waals surface area contributed by atoms with Gasteiger partial charge in [0.2, 0.25) is 11.8 Å². The fourth-order valence-electron chi connectivity index (χ4n) is 3.59. The molecule has 0 aromatic carbocycles. The summed E-state index contributed by atoms with van der Waals surface area (Å²) >= 11 is 0. The van der Waals surface area contributed by atoms with Gasteiger partial charge in [-0.3, -0.25) is 14.6 Å². The SMILES string of the molecule is CNC(=O)CN1CCC12CCN(Cc1cccnc1OC)C2. The molecule has 0 bridgehead atoms. The molecule has 3 heterocycles. The summed E-state index contributed by atoms with van der Waals surface area (Å²) in [6, 6.07) is 4.02. The van der Waals surface area contributed by atoms with Crippen LogP contribution in [-0.4, -0.2) is 66.6 Å². The number of aromatic nitrogens is 1. The normalized spacial score (nSPS) is 25.2. The number of amides is 1. The summed E-state index contributed by atoms with van der Waals surface area (Å²) < 4.78 is 5.34. The fraction of sp³-hybridized carbons (Fsp3) is 0.625. The van der Waals surface area contributed by atoms with Gasteiger partial charge in [-0.15, -0.1) is 0 Å². The van der Waals surface area contributed by atoms with Crippen LogP contribution in [-0.2, 0) is 11.3 Å². The Morgan fingerprint density at radius 1 is 1.45 bits per heavy atom. The van der Waals surface area contributed by atoms with E-state index in [2.05, 4.69) is 26.2 Å². The van der Waals surface area contributed by atoms with E-state index < -0.39 is 0 Å². The van der Waals surface area contributed by atoms with Gasteiger partial charge in [-0.2, -0.15) is 0 Å². The molecule has 1 N–H and O–H groups in total. The molecule has 0 aliphatic carbocycles. The van der Waals surface area contributed by atoms with E-state index in [1.54, 1.807) is 20.4 Å². The Bertz CT molecular complexity index is 551. The molecule has 3 rings (SSSR count). The van der Waals surface area contributed by atoms with Crippen LogP contribution in [0.2, 0.25) is 0 Å². The molecule has 2 aliphatic heterocycles. The molecule has 1 amide bonds. The lowest BCUT2D eigenvalue weighted by atomic mass is 9.83. The maximum atomic E-state index is 11.6. The summed E-state index contributed by atoms with van der Waals surface area (Å²) in [5.41, 5.74) is 1.32. The van der Waals surface area contributed by atoms with E-state index in [0.29, 0.717) is 12.4 Å². The van der Waals surface area contributed by atoms with Gasteiger partial charge in [0.1, 0.15) is 0 Å². The Labute approximate surface area is 131 Å². The molecule has 0 saturated carbocycles. The van der Waals surface area contributed by atoms with Gasteiger partial charge in [0.15, 0.2) is 0 Å². The van der Waals surface area contributed by atoms with E-state index >= 15 is 0 Å². The zero-order valence-electron chi connectivity index (χ0n) is 13.3. The second-order valence-electron chi connectivity index (χ2n) is 6.20. The number of ether oxygens (including phenoxy) is 1. The quantitative estimate of drug-likeness (QED) is 0.858. The molecule has 1 aromatic rings. The first kappa shape index (κ1) is 15.2. The minimum Gasteiger partial charge on any atom is -0.481 e. The smallest absolute Gasteiger partial charge is 0.233 e. The summed E-state index contributed by atoms with van der Waals surface area (Å²) in [6.07, 6.45) is 4.07. The molecule has 1 unspecified atom stereocenters. The van der Waals surface area contributed by atoms with Crippen LogP contribution >= 0.6 is 0 Å². The van der Waals surface area contributed by atoms with Crippen molar-refractivity contribution >= 4 is 5.91 Å². The molecule has 120 valence electrons. The molecule has 22 heavy (non-hydrogen) atoms. The number of likely N-dealkylation sites (tertiary alicyclic amines) is 2. The highest BCUT2D eigenvalue weighted by Gasteiger charge is 2.49. The number of rotatable bonds is 5. The maximum Gasteiger partial charge on any atom is 0.233 e. The van der Waals surface area contributed by atoms with Gasteiger partial charge in [-0.05, 0) is 18.9 Å². The summed E-state index contributed by atoms with van der Waals surface area (Å²) in [6.45, 7) is 4.47. The first-order valence-electron chi connectivity index (χ1n) is 7.83. The van der Waals surface area contributed by atoms with E-state index in [9.17, 15) is 4.79 Å². The number of carbonyl (C=O) groups excluding carboxylic acids is 1. The van der Waals surface area contributed by atoms with Crippen LogP contribution in [0.5, 0.6) is 5.88 Å². The number of nitrogens with one attached hydrogen (secondary N) is 1. The summed E-state index contributed by atoms with van der Waals surface area (Å²) in [5.74, 6) is 0.811. The Morgan fingerprint density at radius 2 is 2.27 bits per heavy atom. The number of nitrogens with zero attached hydrogens (tertiary/aromatic N) is 3. The Balaban J connectivity index is 1.61. The van der Waals surface area contributed by atoms with Crippen molar-refractivity contribution < 1.29 is 9.53 Å². The molecule has 2 fully saturated rings. The first-order valence-corrected chi connectivity index (χ1v) is 7.83. The van der Waals surface area contributed by atoms with Crippen LogP contribution in [0.25, 0.3) is 0 Å². The minimum atomic E-state index is 0.103. The van der Waals surface area contributed by atoms with Crippen molar-refractivity contribution in [1.82, 2.24) is 20.1 Å². The summed E-state index contributed by atoms with van der Waals surface area (Å²) in [7, 11) is 3.36. The third-order valence-corrected chi connectivity index (χ3v) is 4.98. The lowest BCUT2D eigenvalue weighted by molar-refractivity contribution is -0.126. The van der Waals surface area contributed by atoms with Gasteiger partial charge in [0, 0.05) is 50.5 Å². The second kappa shape index (κ2) is 6.22. The Kier molecular flexibility index (Phi) is 4.31. The zero-order valence-corrected chi connectivity index (χ0v) is 13.3. The summed E-state index contributed by atoms with van der Waals surface area (Å²) in [5, 5.41) is 2.72. The molecule has 2 aliphatic rings. The largest absolute Gasteiger partial charge is 0.481 e. The van der Waals surface area contributed by atoms with Crippen molar-refractivity contribution in [2.24, 2.45) is 0 Å². The summed E-state index contributed by atoms with van der Waals surface area (Å²) in [4.78, 5) is 20.6. The van der Waals surface area contributed by atoms with Gasteiger partial charge in [-0.25, -0.2) is 4.98 Å². The predicted molar refractivity (Wildman–Crippen MR) is 83.7 cm³/mol. The van der Waals surface area contributed by atoms with Crippen LogP contribution in [0, 0.1) is 0 Å². The number of pyridine rings is 1. The van der Waals surface area contributed by atoms with Crippen LogP contribution < -0.4 is 10.1 Å². The molecule has 1 atom stereocenters. The second-order valence-corrected chi connectivity index (χ2v) is 6.20. The van der Waals surface area contributed by atoms with E-state index in [4.69, 9.17) is 4.74 Å². The third-order valence-electron chi connectivity index (χ3n) is 4.98. The van der Waals surface area contributed by atoms with Crippen molar-refractivity contribution in [3.63, 3.8) is 0 Å². The zero-order chi connectivity index (χ0) is 15.6. The number of hydrogen-bond acceptors (Lipinski definition) is 5. The number of likely N-dealkylation sites (N-methyl/N-ethyl adjacent to an activating group) is 1. The predicted octanol–water partition coefficient (Wildman–Crippen LogP) is 0.486. The topological polar surface area (TPSA) is 57.7 Å². The van der Waals surface area contributed by atoms with E-state index in [-0.39, 0.29) is 11.4 Å². The van der Waals surface area contributed by atoms with E-state index in [1.165, 1.54) is 6.42 Å². The maximum absolute atomic E-state index is 11.6. The van der Waals surface area contributed by atoms with Gasteiger partial charge in [0.05, 0.1) is 13.7 Å². The minimum absolute atomic E-state index is 0.103. The van der Waals surface area contributed by atoms with Gasteiger partial charge < -0.3 is 10.1 Å². The van der Waals surface area contributed by atoms with E-state index in [1.807, 2.05) is 6.07 Å². The molecule has 6 heteroatoms. The molecule has 2 saturated heterocycles. The lowest BCUT2D eigenvalue weighted by Crippen LogP contribution is -2.63. The van der Waals surface area contributed by atoms with Gasteiger partial charge in [-0.1, -0.05) is 6.07 Å². The van der Waals surface area contributed by atoms with Gasteiger partial charge >= 0.3 is 0 Å². The van der Waals surface area contributed by atoms with Crippen molar-refractivity contribution in [3.8, 4) is 5.88 Å². The molecule has 1 aromatic heterocycles. The monoisotopic (exact) mass is 304 g/mol. The van der Waals surface area contributed by atoms with Crippen LogP contribution in [0.4, 0.5) is 0 Å². The van der Waals surface area contributed by atoms with Crippen molar-refractivity contribution in [2.75, 3.05) is 40.3 Å². The number of hydrogen-bond donors (Lipinski definition) is 1. The van der Waals surface area contributed by atoms with Crippen molar-refractivity contribution in [1.29, 1.82) is 0 Å². The molecular formula is C16H24N4O2. The lowest BCUT2D eigenvalue weighted by Gasteiger charge is -2.50. The van der Waals surface area contributed by atoms with E-state index in [0.717, 1.165) is 38.2 Å². The van der Waals surface area contributed by atoms with Gasteiger partial charge in [0.25, 0.3) is 0 Å². The average Bonchev–Trinajstić information content (AvgIpc) is 2.98. The highest BCUT2D eigenvalue weighted by Crippen LogP contribution is 2.39. The van der Waals surface area contributed by atoms with Crippen molar-refractivity contribution in [2.45, 2.75) is 24.9 Å². The standard InChI is InChI=1S/C16H24N4O2/c1-17-14(21)11-20-9-6-16(20)5-8-19(12-16)10-13-4-3-7-18-15(13)22-2/h3-4,7H,5-6,8-12H2,1-2H3,(H,17,21). The van der Waals surface area contributed by atoms with Crippen LogP contribution in [0.3, 0.4) is 0 Å². The highest BCUT2D eigenvalue weighted by atomic mass is 16.5. The molecular weight excluding hydrogens is 280 g/mol.